The van der Waals surface area contributed by atoms with Gasteiger partial charge in [-0.2, -0.15) is 0 Å². The first kappa shape index (κ1) is 9.58. The minimum absolute atomic E-state index is 0.0149. The van der Waals surface area contributed by atoms with Crippen LogP contribution in [0.1, 0.15) is 12.7 Å². The third-order valence-electron chi connectivity index (χ3n) is 1.66. The molecule has 1 rings (SSSR count). The van der Waals surface area contributed by atoms with Crippen LogP contribution in [0.2, 0.25) is 0 Å². The zero-order chi connectivity index (χ0) is 9.68. The summed E-state index contributed by atoms with van der Waals surface area (Å²) in [4.78, 5) is 12.9. The second-order valence-electron chi connectivity index (χ2n) is 2.77. The van der Waals surface area contributed by atoms with Gasteiger partial charge >= 0.3 is 0 Å². The molecular weight excluding hydrogens is 166 g/mol. The Bertz CT molecular complexity index is 288. The number of likely N-dealkylation sites (N-methyl/N-ethyl adjacent to an activating group) is 1. The lowest BCUT2D eigenvalue weighted by Gasteiger charge is -2.12. The Labute approximate surface area is 77.6 Å². The molecule has 0 N–H and O–H groups in total. The van der Waals surface area contributed by atoms with Gasteiger partial charge in [0.2, 0.25) is 5.91 Å². The zero-order valence-corrected chi connectivity index (χ0v) is 7.86. The fraction of sp³-hybridized carbons (Fsp3) is 0.300. The number of rotatable bonds is 3. The Morgan fingerprint density at radius 1 is 1.69 bits per heavy atom. The largest absolute Gasteiger partial charge is 0.467 e. The van der Waals surface area contributed by atoms with E-state index in [1.165, 1.54) is 6.08 Å². The van der Waals surface area contributed by atoms with E-state index in [4.69, 9.17) is 4.42 Å². The molecule has 1 aromatic rings. The van der Waals surface area contributed by atoms with Crippen molar-refractivity contribution in [1.82, 2.24) is 4.90 Å². The fourth-order valence-corrected chi connectivity index (χ4v) is 0.984. The van der Waals surface area contributed by atoms with Crippen LogP contribution in [0.5, 0.6) is 0 Å². The SMILES string of the molecule is CC=CC(=O)N(C)Cc1ccco1. The van der Waals surface area contributed by atoms with Gasteiger partial charge in [0.05, 0.1) is 12.8 Å². The van der Waals surface area contributed by atoms with Crippen LogP contribution in [-0.2, 0) is 11.3 Å². The summed E-state index contributed by atoms with van der Waals surface area (Å²) in [5.74, 6) is 0.777. The molecule has 0 bridgehead atoms. The van der Waals surface area contributed by atoms with E-state index >= 15 is 0 Å². The maximum atomic E-state index is 11.3. The third-order valence-corrected chi connectivity index (χ3v) is 1.66. The van der Waals surface area contributed by atoms with E-state index in [1.54, 1.807) is 24.3 Å². The Hall–Kier alpha value is -1.51. The van der Waals surface area contributed by atoms with Crippen LogP contribution in [0.4, 0.5) is 0 Å². The van der Waals surface area contributed by atoms with Gasteiger partial charge in [0, 0.05) is 7.05 Å². The van der Waals surface area contributed by atoms with E-state index in [1.807, 2.05) is 19.1 Å². The highest BCUT2D eigenvalue weighted by atomic mass is 16.3. The first-order valence-electron chi connectivity index (χ1n) is 4.14. The molecule has 1 aromatic heterocycles. The predicted molar refractivity (Wildman–Crippen MR) is 50.0 cm³/mol. The number of furan rings is 1. The second kappa shape index (κ2) is 4.50. The summed E-state index contributed by atoms with van der Waals surface area (Å²) in [6.07, 6.45) is 4.85. The number of carbonyl (C=O) groups is 1. The number of hydrogen-bond acceptors (Lipinski definition) is 2. The van der Waals surface area contributed by atoms with Crippen LogP contribution < -0.4 is 0 Å². The quantitative estimate of drug-likeness (QED) is 0.663. The minimum Gasteiger partial charge on any atom is -0.467 e. The maximum absolute atomic E-state index is 11.3. The van der Waals surface area contributed by atoms with Crippen molar-refractivity contribution in [1.29, 1.82) is 0 Å². The highest BCUT2D eigenvalue weighted by molar-refractivity contribution is 5.87. The van der Waals surface area contributed by atoms with Gasteiger partial charge in [-0.3, -0.25) is 4.79 Å². The van der Waals surface area contributed by atoms with Gasteiger partial charge < -0.3 is 9.32 Å². The summed E-state index contributed by atoms with van der Waals surface area (Å²) in [5.41, 5.74) is 0. The Kier molecular flexibility index (Phi) is 3.31. The van der Waals surface area contributed by atoms with Crippen LogP contribution in [0.3, 0.4) is 0 Å². The number of allylic oxidation sites excluding steroid dienone is 1. The molecular formula is C10H13NO2. The molecule has 0 saturated heterocycles. The zero-order valence-electron chi connectivity index (χ0n) is 7.86. The second-order valence-corrected chi connectivity index (χ2v) is 2.77. The monoisotopic (exact) mass is 179 g/mol. The van der Waals surface area contributed by atoms with Crippen molar-refractivity contribution in [3.05, 3.63) is 36.3 Å². The van der Waals surface area contributed by atoms with Gasteiger partial charge in [0.15, 0.2) is 0 Å². The molecule has 70 valence electrons. The van der Waals surface area contributed by atoms with E-state index in [9.17, 15) is 4.79 Å². The van der Waals surface area contributed by atoms with Crippen molar-refractivity contribution >= 4 is 5.91 Å². The van der Waals surface area contributed by atoms with Crippen molar-refractivity contribution < 1.29 is 9.21 Å². The van der Waals surface area contributed by atoms with E-state index in [0.717, 1.165) is 5.76 Å². The number of carbonyl (C=O) groups excluding carboxylic acids is 1. The molecule has 1 heterocycles. The smallest absolute Gasteiger partial charge is 0.246 e. The minimum atomic E-state index is -0.0149. The molecule has 0 spiro atoms. The molecule has 0 unspecified atom stereocenters. The maximum Gasteiger partial charge on any atom is 0.246 e. The lowest BCUT2D eigenvalue weighted by atomic mass is 10.4. The standard InChI is InChI=1S/C10H13NO2/c1-3-5-10(12)11(2)8-9-6-4-7-13-9/h3-7H,8H2,1-2H3. The average Bonchev–Trinajstić information content (AvgIpc) is 2.57. The van der Waals surface area contributed by atoms with Crippen LogP contribution in [0.15, 0.2) is 35.0 Å². The lowest BCUT2D eigenvalue weighted by molar-refractivity contribution is -0.125. The average molecular weight is 179 g/mol. The van der Waals surface area contributed by atoms with Crippen LogP contribution in [0.25, 0.3) is 0 Å². The van der Waals surface area contributed by atoms with Gasteiger partial charge in [-0.15, -0.1) is 0 Å². The van der Waals surface area contributed by atoms with E-state index in [-0.39, 0.29) is 5.91 Å². The van der Waals surface area contributed by atoms with E-state index in [0.29, 0.717) is 6.54 Å². The van der Waals surface area contributed by atoms with E-state index in [2.05, 4.69) is 0 Å². The van der Waals surface area contributed by atoms with Gasteiger partial charge in [-0.1, -0.05) is 6.08 Å². The summed E-state index contributed by atoms with van der Waals surface area (Å²) in [6.45, 7) is 2.33. The Morgan fingerprint density at radius 2 is 2.46 bits per heavy atom. The number of hydrogen-bond donors (Lipinski definition) is 0. The molecule has 0 saturated carbocycles. The summed E-state index contributed by atoms with van der Waals surface area (Å²) in [6, 6.07) is 3.66. The van der Waals surface area contributed by atoms with E-state index < -0.39 is 0 Å². The molecule has 0 aliphatic heterocycles. The van der Waals surface area contributed by atoms with Crippen molar-refractivity contribution in [2.75, 3.05) is 7.05 Å². The molecule has 0 radical (unpaired) electrons. The van der Waals surface area contributed by atoms with Crippen molar-refractivity contribution in [3.63, 3.8) is 0 Å². The van der Waals surface area contributed by atoms with Crippen molar-refractivity contribution in [3.8, 4) is 0 Å². The third kappa shape index (κ3) is 2.78. The first-order chi connectivity index (χ1) is 6.24. The Morgan fingerprint density at radius 3 is 3.00 bits per heavy atom. The van der Waals surface area contributed by atoms with Crippen molar-refractivity contribution in [2.24, 2.45) is 0 Å². The molecule has 1 amide bonds. The molecule has 0 atom stereocenters. The molecule has 3 nitrogen and oxygen atoms in total. The van der Waals surface area contributed by atoms with Crippen molar-refractivity contribution in [2.45, 2.75) is 13.5 Å². The van der Waals surface area contributed by atoms with Crippen LogP contribution in [0, 0.1) is 0 Å². The Balaban J connectivity index is 2.50. The van der Waals surface area contributed by atoms with Gasteiger partial charge in [-0.05, 0) is 25.1 Å². The molecule has 3 heteroatoms. The van der Waals surface area contributed by atoms with Crippen LogP contribution >= 0.6 is 0 Å². The topological polar surface area (TPSA) is 33.5 Å². The summed E-state index contributed by atoms with van der Waals surface area (Å²) < 4.78 is 5.11. The predicted octanol–water partition coefficient (Wildman–Crippen LogP) is 1.81. The van der Waals surface area contributed by atoms with Gasteiger partial charge in [0.1, 0.15) is 5.76 Å². The number of nitrogens with zero attached hydrogens (tertiary/aromatic N) is 1. The number of amides is 1. The summed E-state index contributed by atoms with van der Waals surface area (Å²) >= 11 is 0. The van der Waals surface area contributed by atoms with Gasteiger partial charge in [0.25, 0.3) is 0 Å². The molecule has 0 aromatic carbocycles. The highest BCUT2D eigenvalue weighted by Crippen LogP contribution is 2.03. The highest BCUT2D eigenvalue weighted by Gasteiger charge is 2.06. The molecule has 0 fully saturated rings. The summed E-state index contributed by atoms with van der Waals surface area (Å²) in [5, 5.41) is 0. The first-order valence-corrected chi connectivity index (χ1v) is 4.14. The van der Waals surface area contributed by atoms with Gasteiger partial charge in [-0.25, -0.2) is 0 Å². The lowest BCUT2D eigenvalue weighted by Crippen LogP contribution is -2.23. The molecule has 0 aliphatic carbocycles. The van der Waals surface area contributed by atoms with Crippen LogP contribution in [-0.4, -0.2) is 17.9 Å². The summed E-state index contributed by atoms with van der Waals surface area (Å²) in [7, 11) is 1.74. The fourth-order valence-electron chi connectivity index (χ4n) is 0.984. The normalized spacial score (nSPS) is 10.6. The molecule has 13 heavy (non-hydrogen) atoms. The molecule has 0 aliphatic rings.